The second kappa shape index (κ2) is 3.38. The van der Waals surface area contributed by atoms with E-state index in [2.05, 4.69) is 5.10 Å². The maximum atomic E-state index is 5.89. The zero-order valence-corrected chi connectivity index (χ0v) is 8.36. The molecule has 0 fully saturated rings. The highest BCUT2D eigenvalue weighted by Crippen LogP contribution is 2.32. The van der Waals surface area contributed by atoms with Gasteiger partial charge >= 0.3 is 0 Å². The largest absolute Gasteiger partial charge is 0.478 e. The van der Waals surface area contributed by atoms with Gasteiger partial charge in [0.25, 0.3) is 5.88 Å². The van der Waals surface area contributed by atoms with Gasteiger partial charge in [0.15, 0.2) is 5.82 Å². The number of ether oxygens (including phenoxy) is 2. The molecule has 2 N–H and O–H groups in total. The molecule has 2 rings (SSSR count). The molecule has 1 aliphatic heterocycles. The highest BCUT2D eigenvalue weighted by molar-refractivity contribution is 5.69. The van der Waals surface area contributed by atoms with E-state index >= 15 is 0 Å². The Morgan fingerprint density at radius 2 is 2.36 bits per heavy atom. The van der Waals surface area contributed by atoms with Crippen molar-refractivity contribution >= 4 is 11.5 Å². The van der Waals surface area contributed by atoms with Crippen molar-refractivity contribution < 1.29 is 9.47 Å². The van der Waals surface area contributed by atoms with E-state index in [4.69, 9.17) is 15.2 Å². The third kappa shape index (κ3) is 1.27. The fourth-order valence-corrected chi connectivity index (χ4v) is 1.57. The van der Waals surface area contributed by atoms with Crippen molar-refractivity contribution in [3.05, 3.63) is 0 Å². The van der Waals surface area contributed by atoms with Crippen LogP contribution >= 0.6 is 0 Å². The molecule has 1 aromatic heterocycles. The first kappa shape index (κ1) is 9.14. The predicted octanol–water partition coefficient (Wildman–Crippen LogP) is -0.102. The van der Waals surface area contributed by atoms with Crippen LogP contribution in [-0.4, -0.2) is 37.3 Å². The lowest BCUT2D eigenvalue weighted by atomic mass is 10.4. The summed E-state index contributed by atoms with van der Waals surface area (Å²) in [5, 5.41) is 4.23. The summed E-state index contributed by atoms with van der Waals surface area (Å²) >= 11 is 0. The van der Waals surface area contributed by atoms with Crippen molar-refractivity contribution in [3.8, 4) is 5.88 Å². The summed E-state index contributed by atoms with van der Waals surface area (Å²) < 4.78 is 12.2. The smallest absolute Gasteiger partial charge is 0.258 e. The zero-order valence-electron chi connectivity index (χ0n) is 8.36. The molecule has 0 spiro atoms. The Labute approximate surface area is 82.2 Å². The van der Waals surface area contributed by atoms with Gasteiger partial charge in [-0.05, 0) is 0 Å². The molecule has 2 heterocycles. The van der Waals surface area contributed by atoms with Crippen LogP contribution in [0.15, 0.2) is 0 Å². The molecular formula is C8H14N4O2. The second-order valence-electron chi connectivity index (χ2n) is 3.20. The third-order valence-electron chi connectivity index (χ3n) is 2.21. The molecule has 0 saturated heterocycles. The standard InChI is InChI=1S/C8H14N4O2/c1-11-5-14-4-3-12-8(11)6(9)7(10-12)13-2/h3-5,9H2,1-2H3. The van der Waals surface area contributed by atoms with E-state index in [9.17, 15) is 0 Å². The Hall–Kier alpha value is -1.43. The van der Waals surface area contributed by atoms with Crippen LogP contribution in [0.4, 0.5) is 11.5 Å². The fourth-order valence-electron chi connectivity index (χ4n) is 1.57. The summed E-state index contributed by atoms with van der Waals surface area (Å²) in [6.07, 6.45) is 0. The van der Waals surface area contributed by atoms with Crippen LogP contribution in [0.25, 0.3) is 0 Å². The highest BCUT2D eigenvalue weighted by Gasteiger charge is 2.21. The molecule has 14 heavy (non-hydrogen) atoms. The van der Waals surface area contributed by atoms with Crippen LogP contribution in [0.2, 0.25) is 0 Å². The van der Waals surface area contributed by atoms with Crippen molar-refractivity contribution in [1.29, 1.82) is 0 Å². The maximum Gasteiger partial charge on any atom is 0.258 e. The number of rotatable bonds is 1. The van der Waals surface area contributed by atoms with Gasteiger partial charge in [0.05, 0.1) is 20.3 Å². The lowest BCUT2D eigenvalue weighted by molar-refractivity contribution is 0.137. The lowest BCUT2D eigenvalue weighted by Crippen LogP contribution is -2.21. The molecular weight excluding hydrogens is 184 g/mol. The summed E-state index contributed by atoms with van der Waals surface area (Å²) in [6, 6.07) is 0. The summed E-state index contributed by atoms with van der Waals surface area (Å²) in [6.45, 7) is 1.87. The van der Waals surface area contributed by atoms with Gasteiger partial charge in [-0.3, -0.25) is 0 Å². The van der Waals surface area contributed by atoms with Gasteiger partial charge in [0, 0.05) is 7.05 Å². The second-order valence-corrected chi connectivity index (χ2v) is 3.20. The Balaban J connectivity index is 2.45. The fraction of sp³-hybridized carbons (Fsp3) is 0.625. The molecule has 0 atom stereocenters. The molecule has 0 amide bonds. The number of fused-ring (bicyclic) bond motifs is 1. The molecule has 78 valence electrons. The number of nitrogens with zero attached hydrogens (tertiary/aromatic N) is 3. The van der Waals surface area contributed by atoms with Crippen LogP contribution in [0, 0.1) is 0 Å². The molecule has 0 aliphatic carbocycles. The van der Waals surface area contributed by atoms with Crippen molar-refractivity contribution in [1.82, 2.24) is 9.78 Å². The van der Waals surface area contributed by atoms with E-state index in [-0.39, 0.29) is 0 Å². The first-order valence-electron chi connectivity index (χ1n) is 4.43. The van der Waals surface area contributed by atoms with Crippen molar-refractivity contribution in [2.75, 3.05) is 38.1 Å². The molecule has 6 heteroatoms. The number of hydrogen-bond donors (Lipinski definition) is 1. The zero-order chi connectivity index (χ0) is 10.1. The molecule has 6 nitrogen and oxygen atoms in total. The van der Waals surface area contributed by atoms with E-state index < -0.39 is 0 Å². The van der Waals surface area contributed by atoms with Gasteiger partial charge in [-0.25, -0.2) is 4.68 Å². The van der Waals surface area contributed by atoms with Crippen molar-refractivity contribution in [2.24, 2.45) is 0 Å². The highest BCUT2D eigenvalue weighted by atomic mass is 16.5. The van der Waals surface area contributed by atoms with Crippen molar-refractivity contribution in [3.63, 3.8) is 0 Å². The lowest BCUT2D eigenvalue weighted by Gasteiger charge is -2.15. The Kier molecular flexibility index (Phi) is 2.20. The van der Waals surface area contributed by atoms with E-state index in [0.717, 1.165) is 5.82 Å². The molecule has 0 bridgehead atoms. The molecule has 0 unspecified atom stereocenters. The maximum absolute atomic E-state index is 5.89. The summed E-state index contributed by atoms with van der Waals surface area (Å²) in [4.78, 5) is 1.91. The third-order valence-corrected chi connectivity index (χ3v) is 2.21. The van der Waals surface area contributed by atoms with Crippen molar-refractivity contribution in [2.45, 2.75) is 6.54 Å². The molecule has 0 saturated carbocycles. The monoisotopic (exact) mass is 198 g/mol. The average Bonchev–Trinajstić information content (AvgIpc) is 2.37. The first-order valence-corrected chi connectivity index (χ1v) is 4.43. The van der Waals surface area contributed by atoms with Crippen LogP contribution in [0.5, 0.6) is 5.88 Å². The Bertz CT molecular complexity index is 336. The first-order chi connectivity index (χ1) is 6.74. The van der Waals surface area contributed by atoms with E-state index in [1.807, 2.05) is 11.9 Å². The van der Waals surface area contributed by atoms with E-state index in [1.54, 1.807) is 11.8 Å². The van der Waals surface area contributed by atoms with Crippen LogP contribution in [0.3, 0.4) is 0 Å². The summed E-state index contributed by atoms with van der Waals surface area (Å²) in [5.74, 6) is 1.34. The van der Waals surface area contributed by atoms with Gasteiger partial charge in [0.1, 0.15) is 12.4 Å². The van der Waals surface area contributed by atoms with E-state index in [1.165, 1.54) is 0 Å². The molecule has 1 aromatic rings. The van der Waals surface area contributed by atoms with Gasteiger partial charge in [-0.15, -0.1) is 5.10 Å². The van der Waals surface area contributed by atoms with Crippen LogP contribution in [0.1, 0.15) is 0 Å². The number of methoxy groups -OCH3 is 1. The molecule has 1 aliphatic rings. The Morgan fingerprint density at radius 1 is 1.57 bits per heavy atom. The topological polar surface area (TPSA) is 65.5 Å². The Morgan fingerprint density at radius 3 is 3.07 bits per heavy atom. The van der Waals surface area contributed by atoms with E-state index in [0.29, 0.717) is 31.4 Å². The summed E-state index contributed by atoms with van der Waals surface area (Å²) in [7, 11) is 3.48. The minimum absolute atomic E-state index is 0.480. The molecule has 0 aromatic carbocycles. The minimum atomic E-state index is 0.480. The van der Waals surface area contributed by atoms with Gasteiger partial charge in [-0.2, -0.15) is 0 Å². The number of anilines is 2. The quantitative estimate of drug-likeness (QED) is 0.682. The number of hydrogen-bond acceptors (Lipinski definition) is 5. The van der Waals surface area contributed by atoms with Crippen LogP contribution in [-0.2, 0) is 11.3 Å². The predicted molar refractivity (Wildman–Crippen MR) is 52.4 cm³/mol. The average molecular weight is 198 g/mol. The van der Waals surface area contributed by atoms with Gasteiger partial charge in [-0.1, -0.05) is 0 Å². The number of aromatic nitrogens is 2. The number of nitrogens with two attached hydrogens (primary N) is 1. The summed E-state index contributed by atoms with van der Waals surface area (Å²) in [5.41, 5.74) is 6.46. The van der Waals surface area contributed by atoms with Gasteiger partial charge < -0.3 is 20.1 Å². The minimum Gasteiger partial charge on any atom is -0.478 e. The van der Waals surface area contributed by atoms with Gasteiger partial charge in [0.2, 0.25) is 0 Å². The molecule has 0 radical (unpaired) electrons. The normalized spacial score (nSPS) is 16.3. The van der Waals surface area contributed by atoms with Crippen LogP contribution < -0.4 is 15.4 Å². The number of nitrogen functional groups attached to an aromatic ring is 1. The SMILES string of the molecule is COc1nn2c(c1N)N(C)COCC2.